The summed E-state index contributed by atoms with van der Waals surface area (Å²) in [6.07, 6.45) is 3.09. The zero-order valence-corrected chi connectivity index (χ0v) is 10.7. The molecule has 0 unspecified atom stereocenters. The molecule has 3 rings (SSSR count). The van der Waals surface area contributed by atoms with Crippen molar-refractivity contribution in [2.75, 3.05) is 0 Å². The van der Waals surface area contributed by atoms with Crippen LogP contribution in [0.3, 0.4) is 0 Å². The fraction of sp³-hybridized carbons (Fsp3) is 0.125. The zero-order valence-electron chi connectivity index (χ0n) is 8.29. The number of H-pyrrole nitrogens is 1. The Morgan fingerprint density at radius 3 is 3.12 bits per heavy atom. The summed E-state index contributed by atoms with van der Waals surface area (Å²) in [6.45, 7) is 0. The Morgan fingerprint density at radius 1 is 1.35 bits per heavy atom. The van der Waals surface area contributed by atoms with E-state index in [9.17, 15) is 0 Å². The molecule has 3 heterocycles. The van der Waals surface area contributed by atoms with E-state index < -0.39 is 0 Å². The molecule has 0 bridgehead atoms. The second kappa shape index (κ2) is 4.55. The molecule has 0 saturated carbocycles. The average molecular weight is 285 g/mol. The highest BCUT2D eigenvalue weighted by Crippen LogP contribution is 2.28. The number of imidazole rings is 1. The molecule has 0 aliphatic carbocycles. The van der Waals surface area contributed by atoms with Crippen molar-refractivity contribution in [3.63, 3.8) is 0 Å². The third kappa shape index (κ3) is 2.11. The minimum atomic E-state index is 0.618. The molecule has 0 aliphatic heterocycles. The minimum Gasteiger partial charge on any atom is -0.341 e. The molecule has 86 valence electrons. The normalized spacial score (nSPS) is 11.1. The van der Waals surface area contributed by atoms with Crippen molar-refractivity contribution in [1.29, 1.82) is 0 Å². The number of thioether (sulfide) groups is 1. The van der Waals surface area contributed by atoms with Gasteiger partial charge in [-0.05, 0) is 0 Å². The Labute approximate surface area is 109 Å². The first-order chi connectivity index (χ1) is 8.34. The summed E-state index contributed by atoms with van der Waals surface area (Å²) in [5.41, 5.74) is 2.26. The molecule has 3 aromatic rings. The summed E-state index contributed by atoms with van der Waals surface area (Å²) in [7, 11) is 0. The van der Waals surface area contributed by atoms with Crippen molar-refractivity contribution >= 4 is 46.1 Å². The fourth-order valence-corrected chi connectivity index (χ4v) is 2.96. The van der Waals surface area contributed by atoms with E-state index in [4.69, 9.17) is 11.6 Å². The third-order valence-corrected chi connectivity index (χ3v) is 4.03. The van der Waals surface area contributed by atoms with Crippen LogP contribution in [-0.4, -0.2) is 29.5 Å². The van der Waals surface area contributed by atoms with Gasteiger partial charge >= 0.3 is 0 Å². The number of hydrogen-bond acceptors (Lipinski definition) is 7. The predicted molar refractivity (Wildman–Crippen MR) is 66.2 cm³/mol. The first-order valence-electron chi connectivity index (χ1n) is 4.58. The van der Waals surface area contributed by atoms with Crippen LogP contribution in [0, 0.1) is 0 Å². The number of fused-ring (bicyclic) bond motifs is 1. The first-order valence-corrected chi connectivity index (χ1v) is 6.72. The van der Waals surface area contributed by atoms with Crippen LogP contribution in [0.5, 0.6) is 0 Å². The number of aromatic nitrogens is 6. The van der Waals surface area contributed by atoms with E-state index in [1.807, 2.05) is 0 Å². The number of hydrogen-bond donors (Lipinski definition) is 1. The molecule has 9 heteroatoms. The molecule has 0 atom stereocenters. The quantitative estimate of drug-likeness (QED) is 0.586. The Balaban J connectivity index is 1.86. The van der Waals surface area contributed by atoms with Gasteiger partial charge in [0, 0.05) is 17.3 Å². The molecule has 0 saturated heterocycles. The topological polar surface area (TPSA) is 80.2 Å². The van der Waals surface area contributed by atoms with Crippen LogP contribution < -0.4 is 0 Å². The zero-order chi connectivity index (χ0) is 11.7. The van der Waals surface area contributed by atoms with Crippen LogP contribution >= 0.6 is 34.9 Å². The summed E-state index contributed by atoms with van der Waals surface area (Å²) in [6, 6.07) is 0. The first kappa shape index (κ1) is 10.9. The minimum absolute atomic E-state index is 0.618. The smallest absolute Gasteiger partial charge is 0.181 e. The molecule has 6 nitrogen and oxygen atoms in total. The molecular formula is C8H5ClN6S2. The van der Waals surface area contributed by atoms with Gasteiger partial charge in [0.1, 0.15) is 26.9 Å². The van der Waals surface area contributed by atoms with Gasteiger partial charge in [0.05, 0.1) is 6.33 Å². The molecule has 0 aliphatic rings. The van der Waals surface area contributed by atoms with Crippen molar-refractivity contribution in [3.8, 4) is 0 Å². The molecular weight excluding hydrogens is 280 g/mol. The molecule has 1 N–H and O–H groups in total. The van der Waals surface area contributed by atoms with E-state index in [0.29, 0.717) is 15.7 Å². The molecule has 0 spiro atoms. The Morgan fingerprint density at radius 2 is 2.29 bits per heavy atom. The van der Waals surface area contributed by atoms with E-state index in [1.165, 1.54) is 29.6 Å². The highest BCUT2D eigenvalue weighted by molar-refractivity contribution is 7.98. The Bertz CT molecular complexity index is 650. The highest BCUT2D eigenvalue weighted by atomic mass is 35.5. The second-order valence-electron chi connectivity index (χ2n) is 3.06. The maximum Gasteiger partial charge on any atom is 0.181 e. The number of nitrogens with zero attached hydrogens (tertiary/aromatic N) is 5. The molecule has 17 heavy (non-hydrogen) atoms. The molecule has 0 fully saturated rings. The summed E-state index contributed by atoms with van der Waals surface area (Å²) in [4.78, 5) is 15.3. The standard InChI is InChI=1S/C8H5ClN6S2/c9-6-4(14-15-17-6)1-16-8-5-7(11-2-10-5)12-3-13-8/h2-3H,1H2,(H,10,11,12,13). The van der Waals surface area contributed by atoms with Gasteiger partial charge in [-0.1, -0.05) is 27.9 Å². The lowest BCUT2D eigenvalue weighted by atomic mass is 10.6. The lowest BCUT2D eigenvalue weighted by Crippen LogP contribution is -1.88. The predicted octanol–water partition coefficient (Wildman–Crippen LogP) is 2.15. The van der Waals surface area contributed by atoms with Crippen molar-refractivity contribution in [3.05, 3.63) is 22.7 Å². The monoisotopic (exact) mass is 284 g/mol. The van der Waals surface area contributed by atoms with Crippen LogP contribution in [0.2, 0.25) is 4.34 Å². The van der Waals surface area contributed by atoms with Gasteiger partial charge in [0.15, 0.2) is 5.65 Å². The maximum absolute atomic E-state index is 5.93. The number of nitrogens with one attached hydrogen (secondary N) is 1. The molecule has 0 amide bonds. The lowest BCUT2D eigenvalue weighted by molar-refractivity contribution is 1.06. The number of halogens is 1. The molecule has 3 aromatic heterocycles. The lowest BCUT2D eigenvalue weighted by Gasteiger charge is -1.98. The van der Waals surface area contributed by atoms with Crippen molar-refractivity contribution in [2.45, 2.75) is 10.8 Å². The van der Waals surface area contributed by atoms with E-state index >= 15 is 0 Å². The van der Waals surface area contributed by atoms with Crippen LogP contribution in [-0.2, 0) is 5.75 Å². The van der Waals surface area contributed by atoms with Gasteiger partial charge < -0.3 is 4.98 Å². The van der Waals surface area contributed by atoms with Crippen molar-refractivity contribution < 1.29 is 0 Å². The van der Waals surface area contributed by atoms with Crippen molar-refractivity contribution in [1.82, 2.24) is 29.5 Å². The Hall–Kier alpha value is -1.25. The van der Waals surface area contributed by atoms with Gasteiger partial charge in [-0.3, -0.25) is 0 Å². The Kier molecular flexibility index (Phi) is 2.91. The SMILES string of the molecule is Clc1snnc1CSc1ncnc2nc[nH]c12. The highest BCUT2D eigenvalue weighted by Gasteiger charge is 2.10. The largest absolute Gasteiger partial charge is 0.341 e. The van der Waals surface area contributed by atoms with Gasteiger partial charge in [-0.2, -0.15) is 0 Å². The molecule has 0 aromatic carbocycles. The molecule has 0 radical (unpaired) electrons. The van der Waals surface area contributed by atoms with Crippen LogP contribution in [0.25, 0.3) is 11.2 Å². The van der Waals surface area contributed by atoms with E-state index in [0.717, 1.165) is 16.2 Å². The summed E-state index contributed by atoms with van der Waals surface area (Å²) in [5, 5.41) is 4.78. The van der Waals surface area contributed by atoms with Gasteiger partial charge in [-0.15, -0.1) is 5.10 Å². The van der Waals surface area contributed by atoms with Crippen molar-refractivity contribution in [2.24, 2.45) is 0 Å². The van der Waals surface area contributed by atoms with Crippen LogP contribution in [0.15, 0.2) is 17.7 Å². The van der Waals surface area contributed by atoms with Gasteiger partial charge in [0.25, 0.3) is 0 Å². The number of aromatic amines is 1. The van der Waals surface area contributed by atoms with E-state index in [-0.39, 0.29) is 0 Å². The van der Waals surface area contributed by atoms with E-state index in [1.54, 1.807) is 6.33 Å². The van der Waals surface area contributed by atoms with E-state index in [2.05, 4.69) is 29.5 Å². The third-order valence-electron chi connectivity index (χ3n) is 2.04. The summed E-state index contributed by atoms with van der Waals surface area (Å²) >= 11 is 8.64. The number of rotatable bonds is 3. The second-order valence-corrected chi connectivity index (χ2v) is 5.38. The summed E-state index contributed by atoms with van der Waals surface area (Å²) < 4.78 is 4.40. The van der Waals surface area contributed by atoms with Crippen LogP contribution in [0.1, 0.15) is 5.69 Å². The average Bonchev–Trinajstić information content (AvgIpc) is 2.95. The summed E-state index contributed by atoms with van der Waals surface area (Å²) in [5.74, 6) is 0.625. The van der Waals surface area contributed by atoms with Gasteiger partial charge in [0.2, 0.25) is 0 Å². The van der Waals surface area contributed by atoms with Gasteiger partial charge in [-0.25, -0.2) is 15.0 Å². The maximum atomic E-state index is 5.93. The van der Waals surface area contributed by atoms with Crippen LogP contribution in [0.4, 0.5) is 0 Å². The fourth-order valence-electron chi connectivity index (χ4n) is 1.27.